The number of hydrogen-bond donors (Lipinski definition) is 0. The molecule has 2 fully saturated rings. The first-order valence-electron chi connectivity index (χ1n) is 10.0. The van der Waals surface area contributed by atoms with Crippen molar-refractivity contribution in [2.45, 2.75) is 63.5 Å². The molecule has 27 heavy (non-hydrogen) atoms. The quantitative estimate of drug-likeness (QED) is 0.696. The molecule has 0 unspecified atom stereocenters. The average Bonchev–Trinajstić information content (AvgIpc) is 2.88. The van der Waals surface area contributed by atoms with Crippen LogP contribution in [0.5, 0.6) is 0 Å². The Balaban J connectivity index is 1.58. The topological polar surface area (TPSA) is 49.9 Å². The number of likely N-dealkylation sites (tertiary alicyclic amines) is 2. The molecule has 0 aromatic heterocycles. The first-order valence-corrected chi connectivity index (χ1v) is 10.0. The molecule has 0 saturated carbocycles. The van der Waals surface area contributed by atoms with E-state index in [1.807, 2.05) is 37.6 Å². The van der Waals surface area contributed by atoms with Crippen molar-refractivity contribution in [3.8, 4) is 0 Å². The lowest BCUT2D eigenvalue weighted by molar-refractivity contribution is -0.127. The lowest BCUT2D eigenvalue weighted by Gasteiger charge is -2.49. The minimum atomic E-state index is -0.467. The van der Waals surface area contributed by atoms with Crippen LogP contribution in [0.4, 0.5) is 4.79 Å². The van der Waals surface area contributed by atoms with E-state index in [1.165, 1.54) is 11.1 Å². The number of nitrogens with zero attached hydrogens (tertiary/aromatic N) is 2. The summed E-state index contributed by atoms with van der Waals surface area (Å²) in [5.41, 5.74) is 2.30. The van der Waals surface area contributed by atoms with Crippen molar-refractivity contribution in [1.29, 1.82) is 0 Å². The maximum atomic E-state index is 12.5. The number of ether oxygens (including phenoxy) is 1. The third-order valence-corrected chi connectivity index (χ3v) is 6.57. The summed E-state index contributed by atoms with van der Waals surface area (Å²) < 4.78 is 5.56. The van der Waals surface area contributed by atoms with Gasteiger partial charge in [0.25, 0.3) is 0 Å². The number of rotatable bonds is 0. The predicted molar refractivity (Wildman–Crippen MR) is 103 cm³/mol. The Morgan fingerprint density at radius 2 is 1.85 bits per heavy atom. The van der Waals surface area contributed by atoms with Crippen LogP contribution in [0.1, 0.15) is 63.6 Å². The molecule has 0 bridgehead atoms. The van der Waals surface area contributed by atoms with Crippen LogP contribution in [0, 0.1) is 5.92 Å². The summed E-state index contributed by atoms with van der Waals surface area (Å²) in [4.78, 5) is 28.6. The van der Waals surface area contributed by atoms with Gasteiger partial charge in [-0.05, 0) is 62.5 Å². The van der Waals surface area contributed by atoms with E-state index in [0.29, 0.717) is 25.4 Å². The fraction of sp³-hybridized carbons (Fsp3) is 0.636. The third-order valence-electron chi connectivity index (χ3n) is 6.57. The lowest BCUT2D eigenvalue weighted by Crippen LogP contribution is -2.49. The molecule has 4 rings (SSSR count). The van der Waals surface area contributed by atoms with Crippen molar-refractivity contribution < 1.29 is 14.3 Å². The van der Waals surface area contributed by atoms with Crippen molar-refractivity contribution in [1.82, 2.24) is 9.80 Å². The average molecular weight is 370 g/mol. The van der Waals surface area contributed by atoms with Crippen molar-refractivity contribution in [3.63, 3.8) is 0 Å². The molecule has 2 amide bonds. The van der Waals surface area contributed by atoms with E-state index >= 15 is 0 Å². The Bertz CT molecular complexity index is 759. The number of fused-ring (bicyclic) bond motifs is 4. The van der Waals surface area contributed by atoms with E-state index < -0.39 is 5.60 Å². The van der Waals surface area contributed by atoms with Crippen molar-refractivity contribution in [2.75, 3.05) is 20.1 Å². The largest absolute Gasteiger partial charge is 0.444 e. The molecule has 2 aliphatic heterocycles. The Morgan fingerprint density at radius 3 is 2.52 bits per heavy atom. The van der Waals surface area contributed by atoms with Gasteiger partial charge < -0.3 is 14.5 Å². The second-order valence-electron chi connectivity index (χ2n) is 9.45. The van der Waals surface area contributed by atoms with E-state index in [9.17, 15) is 9.59 Å². The Kier molecular flexibility index (Phi) is 4.24. The molecular formula is C22H30N2O3. The van der Waals surface area contributed by atoms with E-state index in [-0.39, 0.29) is 23.5 Å². The van der Waals surface area contributed by atoms with E-state index in [1.54, 1.807) is 0 Å². The normalized spacial score (nSPS) is 26.7. The minimum Gasteiger partial charge on any atom is -0.444 e. The number of amides is 2. The van der Waals surface area contributed by atoms with Gasteiger partial charge in [-0.2, -0.15) is 0 Å². The molecule has 2 heterocycles. The van der Waals surface area contributed by atoms with Crippen molar-refractivity contribution >= 4 is 12.0 Å². The van der Waals surface area contributed by atoms with Gasteiger partial charge in [-0.15, -0.1) is 0 Å². The maximum Gasteiger partial charge on any atom is 0.410 e. The van der Waals surface area contributed by atoms with E-state index in [0.717, 1.165) is 19.3 Å². The van der Waals surface area contributed by atoms with Crippen LogP contribution in [0.2, 0.25) is 0 Å². The zero-order chi connectivity index (χ0) is 19.4. The number of piperidine rings is 1. The van der Waals surface area contributed by atoms with Gasteiger partial charge in [-0.25, -0.2) is 4.79 Å². The van der Waals surface area contributed by atoms with Gasteiger partial charge in [0.2, 0.25) is 5.91 Å². The highest BCUT2D eigenvalue weighted by atomic mass is 16.6. The zero-order valence-electron chi connectivity index (χ0n) is 16.8. The number of hydrogen-bond acceptors (Lipinski definition) is 3. The molecule has 5 heteroatoms. The van der Waals surface area contributed by atoms with Crippen LogP contribution in [0.25, 0.3) is 0 Å². The molecule has 0 N–H and O–H groups in total. The lowest BCUT2D eigenvalue weighted by atomic mass is 9.60. The van der Waals surface area contributed by atoms with Gasteiger partial charge in [0.1, 0.15) is 5.60 Å². The third kappa shape index (κ3) is 3.11. The standard InChI is InChI=1S/C22H30N2O3/c1-21(2,3)27-20(26)24-11-9-22(10-12-24)14-15-13-18(25)23(4)19(15)16-7-5-6-8-17(16)22/h5-8,15,19H,9-14H2,1-4H3/t15-,19-/m0/s1. The Morgan fingerprint density at radius 1 is 1.19 bits per heavy atom. The van der Waals surface area contributed by atoms with Crippen LogP contribution < -0.4 is 0 Å². The van der Waals surface area contributed by atoms with E-state index in [4.69, 9.17) is 4.74 Å². The van der Waals surface area contributed by atoms with Crippen LogP contribution in [0.3, 0.4) is 0 Å². The Hall–Kier alpha value is -2.04. The van der Waals surface area contributed by atoms with Gasteiger partial charge in [0, 0.05) is 26.6 Å². The molecule has 2 saturated heterocycles. The van der Waals surface area contributed by atoms with Crippen LogP contribution >= 0.6 is 0 Å². The molecule has 1 aromatic rings. The molecule has 5 nitrogen and oxygen atoms in total. The maximum absolute atomic E-state index is 12.5. The number of carbonyl (C=O) groups is 2. The number of benzene rings is 1. The Labute approximate surface area is 161 Å². The fourth-order valence-corrected chi connectivity index (χ4v) is 5.36. The van der Waals surface area contributed by atoms with Gasteiger partial charge >= 0.3 is 6.09 Å². The summed E-state index contributed by atoms with van der Waals surface area (Å²) in [5.74, 6) is 0.633. The zero-order valence-corrected chi connectivity index (χ0v) is 16.8. The summed E-state index contributed by atoms with van der Waals surface area (Å²) in [6.07, 6.45) is 3.34. The molecule has 146 valence electrons. The van der Waals surface area contributed by atoms with Crippen LogP contribution in [-0.4, -0.2) is 47.5 Å². The summed E-state index contributed by atoms with van der Waals surface area (Å²) in [6, 6.07) is 8.84. The molecule has 2 atom stereocenters. The second kappa shape index (κ2) is 6.25. The monoisotopic (exact) mass is 370 g/mol. The summed E-state index contributed by atoms with van der Waals surface area (Å²) in [6.45, 7) is 7.14. The molecule has 1 aliphatic carbocycles. The molecule has 0 radical (unpaired) electrons. The van der Waals surface area contributed by atoms with Crippen LogP contribution in [0.15, 0.2) is 24.3 Å². The van der Waals surface area contributed by atoms with Gasteiger partial charge in [-0.1, -0.05) is 24.3 Å². The van der Waals surface area contributed by atoms with Gasteiger partial charge in [-0.3, -0.25) is 4.79 Å². The second-order valence-corrected chi connectivity index (χ2v) is 9.45. The smallest absolute Gasteiger partial charge is 0.410 e. The minimum absolute atomic E-state index is 0.0712. The van der Waals surface area contributed by atoms with Gasteiger partial charge in [0.05, 0.1) is 6.04 Å². The van der Waals surface area contributed by atoms with E-state index in [2.05, 4.69) is 24.3 Å². The highest BCUT2D eigenvalue weighted by molar-refractivity contribution is 5.80. The highest BCUT2D eigenvalue weighted by Crippen LogP contribution is 2.55. The SMILES string of the molecule is CN1C(=O)C[C@H]2CC3(CCN(C(=O)OC(C)(C)C)CC3)c3ccccc3[C@H]21. The molecule has 1 aromatic carbocycles. The molecule has 1 spiro atoms. The molecule has 3 aliphatic rings. The summed E-state index contributed by atoms with van der Waals surface area (Å²) in [5, 5.41) is 0. The van der Waals surface area contributed by atoms with Crippen molar-refractivity contribution in [3.05, 3.63) is 35.4 Å². The highest BCUT2D eigenvalue weighted by Gasteiger charge is 2.51. The first-order chi connectivity index (χ1) is 12.7. The van der Waals surface area contributed by atoms with Crippen LogP contribution in [-0.2, 0) is 14.9 Å². The fourth-order valence-electron chi connectivity index (χ4n) is 5.36. The first kappa shape index (κ1) is 18.3. The summed E-state index contributed by atoms with van der Waals surface area (Å²) in [7, 11) is 1.94. The summed E-state index contributed by atoms with van der Waals surface area (Å²) >= 11 is 0. The van der Waals surface area contributed by atoms with Crippen molar-refractivity contribution in [2.24, 2.45) is 5.92 Å². The molecular weight excluding hydrogens is 340 g/mol. The van der Waals surface area contributed by atoms with Gasteiger partial charge in [0.15, 0.2) is 0 Å². The predicted octanol–water partition coefficient (Wildman–Crippen LogP) is 3.88. The number of carbonyl (C=O) groups excluding carboxylic acids is 2.